The van der Waals surface area contributed by atoms with Crippen molar-refractivity contribution >= 4 is 11.0 Å². The van der Waals surface area contributed by atoms with Crippen LogP contribution in [0.5, 0.6) is 11.5 Å². The van der Waals surface area contributed by atoms with E-state index < -0.39 is 42.8 Å². The van der Waals surface area contributed by atoms with Gasteiger partial charge in [-0.25, -0.2) is 4.79 Å². The number of ether oxygens (including phenoxy) is 2. The minimum absolute atomic E-state index is 0.0634. The number of hydrogen-bond acceptors (Lipinski definition) is 8. The molecule has 1 fully saturated rings. The van der Waals surface area contributed by atoms with Crippen molar-refractivity contribution in [1.82, 2.24) is 0 Å². The molecule has 3 rings (SSSR count). The van der Waals surface area contributed by atoms with Crippen molar-refractivity contribution in [3.8, 4) is 11.5 Å². The first-order valence-electron chi connectivity index (χ1n) is 7.46. The lowest BCUT2D eigenvalue weighted by Gasteiger charge is -2.40. The number of benzene rings is 1. The van der Waals surface area contributed by atoms with E-state index in [2.05, 4.69) is 0 Å². The van der Waals surface area contributed by atoms with E-state index in [1.54, 1.807) is 6.92 Å². The monoisotopic (exact) mass is 338 g/mol. The summed E-state index contributed by atoms with van der Waals surface area (Å²) in [5.74, 6) is -0.811. The molecule has 2 heterocycles. The molecule has 5 atom stereocenters. The third-order valence-electron chi connectivity index (χ3n) is 4.13. The summed E-state index contributed by atoms with van der Waals surface area (Å²) in [5, 5.41) is 39.7. The number of aliphatic hydroxyl groups is 3. The molecule has 1 aromatic heterocycles. The standard InChI is InChI=1S/C16H18O8/c1-7-14(20)15(21)12(6-17)24-16(7)23-11-4-8-2-3-13(19)22-10(8)5-9(11)18/h2-5,7,12,14-18,20-21H,6H2,1H3. The van der Waals surface area contributed by atoms with Crippen LogP contribution in [0.15, 0.2) is 33.5 Å². The molecule has 0 radical (unpaired) electrons. The first-order chi connectivity index (χ1) is 11.4. The maximum Gasteiger partial charge on any atom is 0.336 e. The van der Waals surface area contributed by atoms with Gasteiger partial charge in [-0.05, 0) is 12.1 Å². The van der Waals surface area contributed by atoms with Gasteiger partial charge < -0.3 is 34.3 Å². The van der Waals surface area contributed by atoms with Crippen molar-refractivity contribution in [2.45, 2.75) is 31.5 Å². The first kappa shape index (κ1) is 16.7. The predicted molar refractivity (Wildman–Crippen MR) is 81.7 cm³/mol. The Balaban J connectivity index is 1.89. The zero-order chi connectivity index (χ0) is 17.4. The second-order valence-electron chi connectivity index (χ2n) is 5.80. The van der Waals surface area contributed by atoms with Gasteiger partial charge in [-0.15, -0.1) is 0 Å². The van der Waals surface area contributed by atoms with Crippen LogP contribution in [0, 0.1) is 5.92 Å². The average molecular weight is 338 g/mol. The summed E-state index contributed by atoms with van der Waals surface area (Å²) in [4.78, 5) is 11.2. The van der Waals surface area contributed by atoms with Crippen molar-refractivity contribution in [2.75, 3.05) is 6.61 Å². The fourth-order valence-corrected chi connectivity index (χ4v) is 2.66. The molecule has 2 aromatic rings. The van der Waals surface area contributed by atoms with Gasteiger partial charge in [0.25, 0.3) is 0 Å². The zero-order valence-corrected chi connectivity index (χ0v) is 12.8. The Morgan fingerprint density at radius 1 is 1.21 bits per heavy atom. The Morgan fingerprint density at radius 2 is 1.96 bits per heavy atom. The van der Waals surface area contributed by atoms with Gasteiger partial charge in [0.15, 0.2) is 11.5 Å². The van der Waals surface area contributed by atoms with Crippen molar-refractivity contribution in [3.05, 3.63) is 34.7 Å². The second kappa shape index (κ2) is 6.40. The van der Waals surface area contributed by atoms with E-state index in [9.17, 15) is 25.2 Å². The number of fused-ring (bicyclic) bond motifs is 1. The summed E-state index contributed by atoms with van der Waals surface area (Å²) in [7, 11) is 0. The molecule has 4 N–H and O–H groups in total. The quantitative estimate of drug-likeness (QED) is 0.573. The molecule has 130 valence electrons. The largest absolute Gasteiger partial charge is 0.504 e. The van der Waals surface area contributed by atoms with E-state index >= 15 is 0 Å². The highest BCUT2D eigenvalue weighted by molar-refractivity contribution is 5.80. The summed E-state index contributed by atoms with van der Waals surface area (Å²) in [6.07, 6.45) is -4.37. The number of aliphatic hydroxyl groups excluding tert-OH is 3. The molecular weight excluding hydrogens is 320 g/mol. The lowest BCUT2D eigenvalue weighted by atomic mass is 9.92. The van der Waals surface area contributed by atoms with Gasteiger partial charge in [-0.1, -0.05) is 6.92 Å². The molecule has 1 aliphatic heterocycles. The molecule has 8 nitrogen and oxygen atoms in total. The van der Waals surface area contributed by atoms with Gasteiger partial charge in [0.05, 0.1) is 12.7 Å². The van der Waals surface area contributed by atoms with Gasteiger partial charge in [0.1, 0.15) is 17.8 Å². The fraction of sp³-hybridized carbons (Fsp3) is 0.438. The van der Waals surface area contributed by atoms with E-state index in [1.807, 2.05) is 0 Å². The van der Waals surface area contributed by atoms with Crippen LogP contribution < -0.4 is 10.4 Å². The van der Waals surface area contributed by atoms with Gasteiger partial charge >= 0.3 is 5.63 Å². The van der Waals surface area contributed by atoms with Crippen LogP contribution in [0.3, 0.4) is 0 Å². The van der Waals surface area contributed by atoms with E-state index in [0.717, 1.165) is 0 Å². The summed E-state index contributed by atoms with van der Waals surface area (Å²) >= 11 is 0. The number of rotatable bonds is 3. The molecule has 24 heavy (non-hydrogen) atoms. The highest BCUT2D eigenvalue weighted by Crippen LogP contribution is 2.35. The van der Waals surface area contributed by atoms with Crippen LogP contribution in [-0.2, 0) is 4.74 Å². The van der Waals surface area contributed by atoms with Crippen molar-refractivity contribution in [2.24, 2.45) is 5.92 Å². The predicted octanol–water partition coefficient (Wildman–Crippen LogP) is -0.0475. The molecule has 0 aliphatic carbocycles. The lowest BCUT2D eigenvalue weighted by Crippen LogP contribution is -2.56. The van der Waals surface area contributed by atoms with E-state index in [-0.39, 0.29) is 17.1 Å². The Bertz CT molecular complexity index is 783. The van der Waals surface area contributed by atoms with E-state index in [1.165, 1.54) is 24.3 Å². The Labute approximate surface area is 136 Å². The Hall–Kier alpha value is -2.13. The van der Waals surface area contributed by atoms with Crippen LogP contribution in [0.1, 0.15) is 6.92 Å². The van der Waals surface area contributed by atoms with Crippen LogP contribution >= 0.6 is 0 Å². The minimum Gasteiger partial charge on any atom is -0.504 e. The molecule has 0 spiro atoms. The first-order valence-corrected chi connectivity index (χ1v) is 7.46. The van der Waals surface area contributed by atoms with Gasteiger partial charge in [-0.3, -0.25) is 0 Å². The molecular formula is C16H18O8. The van der Waals surface area contributed by atoms with Crippen molar-refractivity contribution in [3.63, 3.8) is 0 Å². The molecule has 0 bridgehead atoms. The molecule has 0 amide bonds. The van der Waals surface area contributed by atoms with Crippen molar-refractivity contribution < 1.29 is 34.3 Å². The topological polar surface area (TPSA) is 130 Å². The maximum atomic E-state index is 11.2. The van der Waals surface area contributed by atoms with Crippen LogP contribution in [0.4, 0.5) is 0 Å². The smallest absolute Gasteiger partial charge is 0.336 e. The minimum atomic E-state index is -1.23. The third-order valence-corrected chi connectivity index (χ3v) is 4.13. The van der Waals surface area contributed by atoms with Gasteiger partial charge in [0.2, 0.25) is 6.29 Å². The van der Waals surface area contributed by atoms with E-state index in [0.29, 0.717) is 5.39 Å². The molecule has 1 aromatic carbocycles. The fourth-order valence-electron chi connectivity index (χ4n) is 2.66. The lowest BCUT2D eigenvalue weighted by molar-refractivity contribution is -0.256. The highest BCUT2D eigenvalue weighted by Gasteiger charge is 2.43. The summed E-state index contributed by atoms with van der Waals surface area (Å²) in [5.41, 5.74) is -0.337. The van der Waals surface area contributed by atoms with E-state index in [4.69, 9.17) is 13.9 Å². The highest BCUT2D eigenvalue weighted by atomic mass is 16.7. The molecule has 8 heteroatoms. The molecule has 0 saturated carbocycles. The molecule has 1 aliphatic rings. The number of aromatic hydroxyl groups is 1. The number of phenolic OH excluding ortho intramolecular Hbond substituents is 1. The Morgan fingerprint density at radius 3 is 2.67 bits per heavy atom. The molecule has 5 unspecified atom stereocenters. The third kappa shape index (κ3) is 2.96. The van der Waals surface area contributed by atoms with Crippen LogP contribution in [0.2, 0.25) is 0 Å². The van der Waals surface area contributed by atoms with Crippen molar-refractivity contribution in [1.29, 1.82) is 0 Å². The summed E-state index contributed by atoms with van der Waals surface area (Å²) in [6, 6.07) is 5.47. The number of hydrogen-bond donors (Lipinski definition) is 4. The SMILES string of the molecule is CC1C(Oc2cc3ccc(=O)oc3cc2O)OC(CO)C(O)C1O. The average Bonchev–Trinajstić information content (AvgIpc) is 2.56. The summed E-state index contributed by atoms with van der Waals surface area (Å²) in [6.45, 7) is 1.13. The normalized spacial score (nSPS) is 30.4. The number of phenols is 1. The van der Waals surface area contributed by atoms with Crippen LogP contribution in [-0.4, -0.2) is 51.6 Å². The molecule has 1 saturated heterocycles. The van der Waals surface area contributed by atoms with Gasteiger partial charge in [-0.2, -0.15) is 0 Å². The second-order valence-corrected chi connectivity index (χ2v) is 5.80. The van der Waals surface area contributed by atoms with Crippen LogP contribution in [0.25, 0.3) is 11.0 Å². The van der Waals surface area contributed by atoms with Gasteiger partial charge in [0, 0.05) is 23.4 Å². The zero-order valence-electron chi connectivity index (χ0n) is 12.8. The summed E-state index contributed by atoms with van der Waals surface area (Å²) < 4.78 is 16.0. The maximum absolute atomic E-state index is 11.2. The Kier molecular flexibility index (Phi) is 4.46.